The maximum Gasteiger partial charge on any atom is 0.244 e. The van der Waals surface area contributed by atoms with Gasteiger partial charge in [-0.05, 0) is 74.4 Å². The molecule has 214 valence electrons. The van der Waals surface area contributed by atoms with E-state index in [-0.39, 0.29) is 23.3 Å². The number of hydrogen-bond donors (Lipinski definition) is 0. The molecular formula is C28H29F2N7O2S2. The summed E-state index contributed by atoms with van der Waals surface area (Å²) in [4.78, 5) is 23.9. The molecular weight excluding hydrogens is 568 g/mol. The molecule has 0 saturated heterocycles. The Balaban J connectivity index is 1.43. The second-order valence-electron chi connectivity index (χ2n) is 10.5. The summed E-state index contributed by atoms with van der Waals surface area (Å²) in [6.45, 7) is 1.04. The average molecular weight is 598 g/mol. The van der Waals surface area contributed by atoms with Gasteiger partial charge in [0.05, 0.1) is 32.7 Å². The Kier molecular flexibility index (Phi) is 6.99. The van der Waals surface area contributed by atoms with Gasteiger partial charge in [0, 0.05) is 30.7 Å². The van der Waals surface area contributed by atoms with Gasteiger partial charge in [0.2, 0.25) is 10.9 Å². The normalized spacial score (nSPS) is 21.7. The van der Waals surface area contributed by atoms with Crippen molar-refractivity contribution in [2.24, 2.45) is 12.5 Å². The van der Waals surface area contributed by atoms with Gasteiger partial charge in [-0.1, -0.05) is 5.57 Å². The molecule has 13 heteroatoms. The summed E-state index contributed by atoms with van der Waals surface area (Å²) in [6.07, 6.45) is 8.57. The third-order valence-corrected chi connectivity index (χ3v) is 10.8. The van der Waals surface area contributed by atoms with E-state index in [0.717, 1.165) is 21.7 Å². The topological polar surface area (TPSA) is 98.8 Å². The van der Waals surface area contributed by atoms with Crippen LogP contribution in [0, 0.1) is 18.2 Å². The molecule has 1 unspecified atom stereocenters. The molecule has 3 aromatic heterocycles. The van der Waals surface area contributed by atoms with Crippen molar-refractivity contribution in [3.8, 4) is 5.69 Å². The van der Waals surface area contributed by atoms with E-state index in [1.165, 1.54) is 34.5 Å². The lowest BCUT2D eigenvalue weighted by Gasteiger charge is -2.46. The molecule has 1 fully saturated rings. The zero-order valence-corrected chi connectivity index (χ0v) is 24.3. The Morgan fingerprint density at radius 2 is 2.05 bits per heavy atom. The van der Waals surface area contributed by atoms with Crippen LogP contribution in [0.25, 0.3) is 11.8 Å². The van der Waals surface area contributed by atoms with Crippen molar-refractivity contribution in [1.82, 2.24) is 33.8 Å². The SMILES string of the molecule is C=S(=O)(c1ncn(C)n1)N(CCF)[C@H]1CCC2=Cc3c(cnn3-c3ccc(F)cc3)C[C@]2(C(=O)c2ncc(C)s2)C1. The van der Waals surface area contributed by atoms with Crippen LogP contribution in [-0.4, -0.2) is 69.0 Å². The van der Waals surface area contributed by atoms with Crippen LogP contribution in [0.4, 0.5) is 8.78 Å². The molecule has 9 nitrogen and oxygen atoms in total. The van der Waals surface area contributed by atoms with Crippen LogP contribution in [0.3, 0.4) is 0 Å². The van der Waals surface area contributed by atoms with Crippen LogP contribution in [0.15, 0.2) is 53.7 Å². The highest BCUT2D eigenvalue weighted by Gasteiger charge is 2.51. The number of halogens is 2. The van der Waals surface area contributed by atoms with Crippen LogP contribution in [0.2, 0.25) is 0 Å². The summed E-state index contributed by atoms with van der Waals surface area (Å²) >= 11 is 1.34. The second kappa shape index (κ2) is 10.4. The zero-order valence-electron chi connectivity index (χ0n) is 22.7. The van der Waals surface area contributed by atoms with Gasteiger partial charge in [0.1, 0.15) is 18.8 Å². The van der Waals surface area contributed by atoms with Gasteiger partial charge >= 0.3 is 0 Å². The molecule has 0 bridgehead atoms. The monoisotopic (exact) mass is 597 g/mol. The Bertz CT molecular complexity index is 1760. The Labute approximate surface area is 240 Å². The molecule has 0 N–H and O–H groups in total. The number of allylic oxidation sites excluding steroid dienone is 1. The van der Waals surface area contributed by atoms with Crippen molar-refractivity contribution in [3.05, 3.63) is 75.5 Å². The van der Waals surface area contributed by atoms with Gasteiger partial charge in [0.15, 0.2) is 5.01 Å². The molecule has 3 atom stereocenters. The number of carbonyl (C=O) groups is 1. The van der Waals surface area contributed by atoms with E-state index in [1.54, 1.807) is 40.6 Å². The lowest BCUT2D eigenvalue weighted by molar-refractivity contribution is 0.0742. The fourth-order valence-electron chi connectivity index (χ4n) is 6.01. The molecule has 2 aliphatic rings. The van der Waals surface area contributed by atoms with E-state index in [4.69, 9.17) is 0 Å². The van der Waals surface area contributed by atoms with Crippen LogP contribution in [-0.2, 0) is 23.2 Å². The molecule has 0 spiro atoms. The summed E-state index contributed by atoms with van der Waals surface area (Å²) in [7, 11) is -1.56. The lowest BCUT2D eigenvalue weighted by Crippen LogP contribution is -2.51. The van der Waals surface area contributed by atoms with E-state index in [1.807, 2.05) is 13.0 Å². The van der Waals surface area contributed by atoms with Crippen molar-refractivity contribution >= 4 is 38.8 Å². The number of alkyl halides is 1. The molecule has 0 aliphatic heterocycles. The summed E-state index contributed by atoms with van der Waals surface area (Å²) in [5.74, 6) is 3.51. The third-order valence-electron chi connectivity index (χ3n) is 7.91. The highest BCUT2D eigenvalue weighted by Crippen LogP contribution is 2.51. The minimum absolute atomic E-state index is 0.0391. The third kappa shape index (κ3) is 4.75. The van der Waals surface area contributed by atoms with Crippen LogP contribution < -0.4 is 0 Å². The van der Waals surface area contributed by atoms with Gasteiger partial charge in [-0.15, -0.1) is 16.4 Å². The first-order chi connectivity index (χ1) is 19.6. The second-order valence-corrected chi connectivity index (χ2v) is 13.9. The van der Waals surface area contributed by atoms with E-state index < -0.39 is 27.8 Å². The van der Waals surface area contributed by atoms with E-state index in [0.29, 0.717) is 36.4 Å². The quantitative estimate of drug-likeness (QED) is 0.223. The number of thiazole rings is 1. The van der Waals surface area contributed by atoms with Crippen molar-refractivity contribution in [1.29, 1.82) is 0 Å². The summed E-state index contributed by atoms with van der Waals surface area (Å²) < 4.78 is 46.3. The Hall–Kier alpha value is -3.55. The number of aryl methyl sites for hydroxylation is 2. The molecule has 41 heavy (non-hydrogen) atoms. The largest absolute Gasteiger partial charge is 0.290 e. The molecule has 0 amide bonds. The van der Waals surface area contributed by atoms with Gasteiger partial charge < -0.3 is 0 Å². The number of ketones is 1. The van der Waals surface area contributed by atoms with E-state index in [2.05, 4.69) is 26.0 Å². The van der Waals surface area contributed by atoms with E-state index >= 15 is 0 Å². The predicted molar refractivity (Wildman–Crippen MR) is 154 cm³/mol. The van der Waals surface area contributed by atoms with Gasteiger partial charge in [0.25, 0.3) is 0 Å². The molecule has 0 radical (unpaired) electrons. The van der Waals surface area contributed by atoms with Crippen molar-refractivity contribution < 1.29 is 17.8 Å². The summed E-state index contributed by atoms with van der Waals surface area (Å²) in [5, 5.41) is 9.24. The number of nitrogens with zero attached hydrogens (tertiary/aromatic N) is 7. The number of fused-ring (bicyclic) bond motifs is 2. The number of hydrogen-bond acceptors (Lipinski definition) is 7. The number of benzene rings is 1. The number of aromatic nitrogens is 6. The predicted octanol–water partition coefficient (Wildman–Crippen LogP) is 4.23. The fourth-order valence-corrected chi connectivity index (χ4v) is 8.51. The number of Topliss-reactive ketones (excluding diaryl/α,β-unsaturated/α-hetero) is 1. The first-order valence-corrected chi connectivity index (χ1v) is 15.7. The summed E-state index contributed by atoms with van der Waals surface area (Å²) in [5.41, 5.74) is 2.34. The van der Waals surface area contributed by atoms with Crippen molar-refractivity contribution in [3.63, 3.8) is 0 Å². The zero-order chi connectivity index (χ0) is 28.9. The molecule has 4 aromatic rings. The maximum atomic E-state index is 14.4. The fraction of sp³-hybridized carbons (Fsp3) is 0.357. The Morgan fingerprint density at radius 3 is 2.71 bits per heavy atom. The van der Waals surface area contributed by atoms with Crippen molar-refractivity contribution in [2.75, 3.05) is 13.2 Å². The van der Waals surface area contributed by atoms with Crippen molar-refractivity contribution in [2.45, 2.75) is 43.8 Å². The van der Waals surface area contributed by atoms with Gasteiger partial charge in [-0.2, -0.15) is 5.10 Å². The average Bonchev–Trinajstić information content (AvgIpc) is 3.70. The smallest absolute Gasteiger partial charge is 0.244 e. The van der Waals surface area contributed by atoms with E-state index in [9.17, 15) is 17.8 Å². The maximum absolute atomic E-state index is 14.4. The molecule has 1 aromatic carbocycles. The first kappa shape index (κ1) is 27.6. The Morgan fingerprint density at radius 1 is 1.27 bits per heavy atom. The number of carbonyl (C=O) groups excluding carboxylic acids is 1. The highest BCUT2D eigenvalue weighted by molar-refractivity contribution is 7.98. The first-order valence-electron chi connectivity index (χ1n) is 13.2. The van der Waals surface area contributed by atoms with Gasteiger partial charge in [-0.3, -0.25) is 9.48 Å². The summed E-state index contributed by atoms with van der Waals surface area (Å²) in [6, 6.07) is 5.67. The van der Waals surface area contributed by atoms with Crippen LogP contribution in [0.1, 0.15) is 45.2 Å². The molecule has 1 saturated carbocycles. The standard InChI is InChI=1S/C28H29F2N7O2S2/c1-18-15-31-26(40-18)25(38)28-13-19-16-33-37(22-8-5-21(30)6-9-22)24(19)12-20(28)4-7-23(14-28)36(11-10-29)41(3,39)27-32-17-35(2)34-27/h5-6,8-9,12,15-17,23H,3-4,7,10-11,13-14H2,1-2H3/t23-,28-,41?/m0/s1. The van der Waals surface area contributed by atoms with Crippen LogP contribution >= 0.6 is 11.3 Å². The van der Waals surface area contributed by atoms with Crippen LogP contribution in [0.5, 0.6) is 0 Å². The number of rotatable bonds is 8. The molecule has 3 heterocycles. The lowest BCUT2D eigenvalue weighted by atomic mass is 9.61. The van der Waals surface area contributed by atoms with Gasteiger partial charge in [-0.25, -0.2) is 31.9 Å². The molecule has 6 rings (SSSR count). The molecule has 2 aliphatic carbocycles. The highest BCUT2D eigenvalue weighted by atomic mass is 32.2. The minimum atomic E-state index is -3.23. The minimum Gasteiger partial charge on any atom is -0.290 e.